The highest BCUT2D eigenvalue weighted by Gasteiger charge is 2.02. The van der Waals surface area contributed by atoms with Crippen LogP contribution in [0, 0.1) is 0 Å². The number of hydrogen-bond acceptors (Lipinski definition) is 5. The molecule has 4 N–H and O–H groups in total. The molecule has 6 nitrogen and oxygen atoms in total. The van der Waals surface area contributed by atoms with E-state index in [-0.39, 0.29) is 5.91 Å². The van der Waals surface area contributed by atoms with E-state index >= 15 is 0 Å². The van der Waals surface area contributed by atoms with Crippen LogP contribution < -0.4 is 21.1 Å². The molecule has 0 aliphatic heterocycles. The number of hydrogen-bond donors (Lipinski definition) is 3. The van der Waals surface area contributed by atoms with Crippen molar-refractivity contribution >= 4 is 17.4 Å². The summed E-state index contributed by atoms with van der Waals surface area (Å²) in [5, 5.41) is 5.99. The van der Waals surface area contributed by atoms with E-state index in [9.17, 15) is 4.79 Å². The maximum atomic E-state index is 11.4. The lowest BCUT2D eigenvalue weighted by Gasteiger charge is -2.08. The first kappa shape index (κ1) is 16.8. The van der Waals surface area contributed by atoms with Gasteiger partial charge < -0.3 is 21.1 Å². The van der Waals surface area contributed by atoms with Crippen molar-refractivity contribution in [1.82, 2.24) is 4.98 Å². The lowest BCUT2D eigenvalue weighted by molar-refractivity contribution is -0.116. The summed E-state index contributed by atoms with van der Waals surface area (Å²) in [7, 11) is 1.66. The minimum absolute atomic E-state index is 0.125. The average molecular weight is 314 g/mol. The van der Waals surface area contributed by atoms with Gasteiger partial charge in [-0.15, -0.1) is 0 Å². The Morgan fingerprint density at radius 2 is 2.00 bits per heavy atom. The molecular formula is C17H22N4O2. The van der Waals surface area contributed by atoms with Crippen LogP contribution in [0.5, 0.6) is 5.75 Å². The predicted molar refractivity (Wildman–Crippen MR) is 91.7 cm³/mol. The molecule has 0 spiro atoms. The number of rotatable bonds is 8. The molecule has 2 rings (SSSR count). The van der Waals surface area contributed by atoms with Gasteiger partial charge >= 0.3 is 0 Å². The van der Waals surface area contributed by atoms with Crippen molar-refractivity contribution in [2.75, 3.05) is 30.8 Å². The molecule has 0 saturated carbocycles. The lowest BCUT2D eigenvalue weighted by atomic mass is 10.1. The van der Waals surface area contributed by atoms with Crippen LogP contribution in [0.25, 0.3) is 0 Å². The smallest absolute Gasteiger partial charge is 0.226 e. The molecule has 1 amide bonds. The first-order valence-electron chi connectivity index (χ1n) is 7.54. The molecule has 6 heteroatoms. The van der Waals surface area contributed by atoms with Crippen LogP contribution in [-0.2, 0) is 11.2 Å². The molecule has 0 atom stereocenters. The van der Waals surface area contributed by atoms with Crippen LogP contribution in [0.15, 0.2) is 42.6 Å². The average Bonchev–Trinajstić information content (AvgIpc) is 2.57. The number of amides is 1. The first-order valence-corrected chi connectivity index (χ1v) is 7.54. The molecule has 0 unspecified atom stereocenters. The number of aromatic nitrogens is 1. The summed E-state index contributed by atoms with van der Waals surface area (Å²) in [6.45, 7) is 1.13. The second kappa shape index (κ2) is 8.75. The van der Waals surface area contributed by atoms with E-state index in [1.807, 2.05) is 18.2 Å². The summed E-state index contributed by atoms with van der Waals surface area (Å²) < 4.78 is 5.14. The van der Waals surface area contributed by atoms with E-state index in [1.54, 1.807) is 19.4 Å². The molecule has 0 radical (unpaired) electrons. The number of methoxy groups -OCH3 is 1. The number of ether oxygens (including phenoxy) is 1. The maximum Gasteiger partial charge on any atom is 0.226 e. The molecule has 0 aliphatic carbocycles. The maximum absolute atomic E-state index is 11.4. The van der Waals surface area contributed by atoms with Crippen LogP contribution in [0.4, 0.5) is 11.5 Å². The highest BCUT2D eigenvalue weighted by Crippen LogP contribution is 2.13. The number of anilines is 2. The van der Waals surface area contributed by atoms with Gasteiger partial charge in [0.2, 0.25) is 5.91 Å². The Kier molecular flexibility index (Phi) is 6.38. The molecular weight excluding hydrogens is 292 g/mol. The fourth-order valence-corrected chi connectivity index (χ4v) is 2.05. The fraction of sp³-hybridized carbons (Fsp3) is 0.294. The molecule has 0 saturated heterocycles. The Hall–Kier alpha value is -2.60. The van der Waals surface area contributed by atoms with Gasteiger partial charge in [-0.25, -0.2) is 4.98 Å². The predicted octanol–water partition coefficient (Wildman–Crippen LogP) is 2.03. The van der Waals surface area contributed by atoms with Crippen LogP contribution in [0.3, 0.4) is 0 Å². The lowest BCUT2D eigenvalue weighted by Crippen LogP contribution is -2.16. The van der Waals surface area contributed by atoms with Gasteiger partial charge in [-0.2, -0.15) is 0 Å². The molecule has 1 aromatic heterocycles. The van der Waals surface area contributed by atoms with Crippen LogP contribution in [0.2, 0.25) is 0 Å². The van der Waals surface area contributed by atoms with E-state index in [0.29, 0.717) is 18.8 Å². The zero-order chi connectivity index (χ0) is 16.5. The zero-order valence-corrected chi connectivity index (χ0v) is 13.2. The van der Waals surface area contributed by atoms with Crippen molar-refractivity contribution in [3.05, 3.63) is 48.2 Å². The molecule has 0 aliphatic rings. The fourth-order valence-electron chi connectivity index (χ4n) is 2.05. The number of nitrogens with one attached hydrogen (secondary N) is 2. The molecule has 1 aromatic carbocycles. The Morgan fingerprint density at radius 3 is 2.61 bits per heavy atom. The quantitative estimate of drug-likeness (QED) is 0.694. The summed E-state index contributed by atoms with van der Waals surface area (Å²) in [5.74, 6) is 1.27. The second-order valence-corrected chi connectivity index (χ2v) is 5.04. The molecule has 122 valence electrons. The minimum atomic E-state index is -0.125. The van der Waals surface area contributed by atoms with Crippen molar-refractivity contribution in [3.63, 3.8) is 0 Å². The van der Waals surface area contributed by atoms with Gasteiger partial charge in [-0.1, -0.05) is 12.1 Å². The SMILES string of the molecule is COc1ccc(CCNc2ccc(NC(=O)CCN)nc2)cc1. The molecule has 2 aromatic rings. The highest BCUT2D eigenvalue weighted by atomic mass is 16.5. The minimum Gasteiger partial charge on any atom is -0.497 e. The van der Waals surface area contributed by atoms with E-state index in [1.165, 1.54) is 5.56 Å². The summed E-state index contributed by atoms with van der Waals surface area (Å²) >= 11 is 0. The first-order chi connectivity index (χ1) is 11.2. The van der Waals surface area contributed by atoms with Gasteiger partial charge in [0.1, 0.15) is 11.6 Å². The number of carbonyl (C=O) groups is 1. The van der Waals surface area contributed by atoms with Gasteiger partial charge in [0.15, 0.2) is 0 Å². The van der Waals surface area contributed by atoms with Gasteiger partial charge in [-0.05, 0) is 36.2 Å². The Bertz CT molecular complexity index is 611. The van der Waals surface area contributed by atoms with E-state index < -0.39 is 0 Å². The van der Waals surface area contributed by atoms with Gasteiger partial charge in [0.05, 0.1) is 19.0 Å². The molecule has 1 heterocycles. The summed E-state index contributed by atoms with van der Waals surface area (Å²) in [6.07, 6.45) is 2.90. The summed E-state index contributed by atoms with van der Waals surface area (Å²) in [6, 6.07) is 11.7. The van der Waals surface area contributed by atoms with E-state index in [4.69, 9.17) is 10.5 Å². The number of pyridine rings is 1. The Morgan fingerprint density at radius 1 is 1.22 bits per heavy atom. The van der Waals surface area contributed by atoms with Gasteiger partial charge in [0.25, 0.3) is 0 Å². The van der Waals surface area contributed by atoms with Gasteiger partial charge in [0, 0.05) is 19.5 Å². The number of nitrogens with zero attached hydrogens (tertiary/aromatic N) is 1. The normalized spacial score (nSPS) is 10.2. The summed E-state index contributed by atoms with van der Waals surface area (Å²) in [4.78, 5) is 15.6. The molecule has 0 bridgehead atoms. The second-order valence-electron chi connectivity index (χ2n) is 5.04. The van der Waals surface area contributed by atoms with Crippen molar-refractivity contribution < 1.29 is 9.53 Å². The van der Waals surface area contributed by atoms with Crippen LogP contribution >= 0.6 is 0 Å². The monoisotopic (exact) mass is 314 g/mol. The zero-order valence-electron chi connectivity index (χ0n) is 13.2. The van der Waals surface area contributed by atoms with Crippen molar-refractivity contribution in [1.29, 1.82) is 0 Å². The summed E-state index contributed by atoms with van der Waals surface area (Å²) in [5.41, 5.74) is 7.47. The number of nitrogens with two attached hydrogens (primary N) is 1. The topological polar surface area (TPSA) is 89.3 Å². The van der Waals surface area contributed by atoms with E-state index in [0.717, 1.165) is 24.4 Å². The van der Waals surface area contributed by atoms with Crippen molar-refractivity contribution in [2.24, 2.45) is 5.73 Å². The van der Waals surface area contributed by atoms with Crippen molar-refractivity contribution in [3.8, 4) is 5.75 Å². The highest BCUT2D eigenvalue weighted by molar-refractivity contribution is 5.89. The van der Waals surface area contributed by atoms with Crippen molar-refractivity contribution in [2.45, 2.75) is 12.8 Å². The number of benzene rings is 1. The molecule has 0 fully saturated rings. The van der Waals surface area contributed by atoms with Gasteiger partial charge in [-0.3, -0.25) is 4.79 Å². The van der Waals surface area contributed by atoms with Crippen LogP contribution in [-0.4, -0.2) is 31.1 Å². The van der Waals surface area contributed by atoms with E-state index in [2.05, 4.69) is 27.8 Å². The third-order valence-electron chi connectivity index (χ3n) is 3.30. The Balaban J connectivity index is 1.78. The largest absolute Gasteiger partial charge is 0.497 e. The third kappa shape index (κ3) is 5.60. The standard InChI is InChI=1S/C17H22N4O2/c1-23-15-5-2-13(3-6-15)9-11-19-14-4-7-16(20-12-14)21-17(22)8-10-18/h2-7,12,19H,8-11,18H2,1H3,(H,20,21,22). The number of carbonyl (C=O) groups excluding carboxylic acids is 1. The third-order valence-corrected chi connectivity index (χ3v) is 3.30. The molecule has 23 heavy (non-hydrogen) atoms. The van der Waals surface area contributed by atoms with Crippen LogP contribution in [0.1, 0.15) is 12.0 Å². The Labute approximate surface area is 136 Å².